The van der Waals surface area contributed by atoms with Gasteiger partial charge in [0, 0.05) is 0 Å². The topological polar surface area (TPSA) is 135 Å². The summed E-state index contributed by atoms with van der Waals surface area (Å²) in [5, 5.41) is 9.53. The molecule has 0 bridgehead atoms. The monoisotopic (exact) mass is 524 g/mol. The second kappa shape index (κ2) is 11.8. The molecule has 2 fully saturated rings. The molecule has 0 aromatic heterocycles. The molecule has 0 unspecified atom stereocenters. The van der Waals surface area contributed by atoms with Gasteiger partial charge in [0.05, 0.1) is 14.2 Å². The van der Waals surface area contributed by atoms with Crippen LogP contribution in [0.2, 0.25) is 0 Å². The summed E-state index contributed by atoms with van der Waals surface area (Å²) < 4.78 is 10.0. The summed E-state index contributed by atoms with van der Waals surface area (Å²) in [4.78, 5) is 46.4. The average Bonchev–Trinajstić information content (AvgIpc) is 2.85. The Morgan fingerprint density at radius 1 is 0.556 bits per heavy atom. The van der Waals surface area contributed by atoms with E-state index in [4.69, 9.17) is 33.9 Å². The van der Waals surface area contributed by atoms with E-state index in [1.165, 1.54) is 12.2 Å². The third-order valence-corrected chi connectivity index (χ3v) is 5.15. The number of benzene rings is 2. The van der Waals surface area contributed by atoms with E-state index in [2.05, 4.69) is 21.3 Å². The molecule has 12 heteroatoms. The maximum Gasteiger partial charge on any atom is 0.263 e. The molecule has 4 N–H and O–H groups in total. The van der Waals surface area contributed by atoms with E-state index in [-0.39, 0.29) is 21.4 Å². The van der Waals surface area contributed by atoms with Gasteiger partial charge in [-0.15, -0.1) is 0 Å². The van der Waals surface area contributed by atoms with Crippen LogP contribution in [0.3, 0.4) is 0 Å². The number of carbonyl (C=O) groups excluding carboxylic acids is 4. The van der Waals surface area contributed by atoms with Gasteiger partial charge in [-0.25, -0.2) is 0 Å². The number of carbonyl (C=O) groups is 4. The van der Waals surface area contributed by atoms with Crippen LogP contribution >= 0.6 is 24.4 Å². The largest absolute Gasteiger partial charge is 0.497 e. The van der Waals surface area contributed by atoms with Crippen molar-refractivity contribution in [2.75, 3.05) is 14.2 Å². The van der Waals surface area contributed by atoms with Crippen molar-refractivity contribution >= 4 is 70.4 Å². The molecule has 2 aliphatic rings. The van der Waals surface area contributed by atoms with Gasteiger partial charge in [0.25, 0.3) is 23.6 Å². The van der Waals surface area contributed by atoms with Crippen LogP contribution in [0.4, 0.5) is 0 Å². The lowest BCUT2D eigenvalue weighted by Crippen LogP contribution is -2.51. The van der Waals surface area contributed by atoms with Crippen LogP contribution in [0.1, 0.15) is 11.1 Å². The van der Waals surface area contributed by atoms with Crippen LogP contribution in [-0.2, 0) is 19.2 Å². The minimum Gasteiger partial charge on any atom is -0.497 e. The maximum atomic E-state index is 11.6. The fraction of sp³-hybridized carbons (Fsp3) is 0.0833. The highest BCUT2D eigenvalue weighted by Crippen LogP contribution is 2.16. The van der Waals surface area contributed by atoms with E-state index in [1.54, 1.807) is 62.8 Å². The number of hydrogen-bond donors (Lipinski definition) is 4. The fourth-order valence-corrected chi connectivity index (χ4v) is 3.32. The molecule has 10 nitrogen and oxygen atoms in total. The zero-order valence-electron chi connectivity index (χ0n) is 19.0. The summed E-state index contributed by atoms with van der Waals surface area (Å²) in [7, 11) is 3.13. The number of ether oxygens (including phenoxy) is 2. The Hall–Kier alpha value is -4.42. The third kappa shape index (κ3) is 6.81. The molecule has 2 aromatic rings. The Balaban J connectivity index is 0.000000201. The summed E-state index contributed by atoms with van der Waals surface area (Å²) in [6, 6.07) is 14.0. The highest BCUT2D eigenvalue weighted by molar-refractivity contribution is 7.80. The Kier molecular flexibility index (Phi) is 8.60. The average molecular weight is 525 g/mol. The molecule has 184 valence electrons. The Morgan fingerprint density at radius 2 is 0.833 bits per heavy atom. The molecule has 0 aliphatic carbocycles. The van der Waals surface area contributed by atoms with Gasteiger partial charge in [-0.1, -0.05) is 24.3 Å². The number of methoxy groups -OCH3 is 2. The van der Waals surface area contributed by atoms with Gasteiger partial charge in [-0.3, -0.25) is 40.4 Å². The van der Waals surface area contributed by atoms with Gasteiger partial charge < -0.3 is 9.47 Å². The molecule has 2 saturated heterocycles. The van der Waals surface area contributed by atoms with Gasteiger partial charge in [-0.2, -0.15) is 0 Å². The summed E-state index contributed by atoms with van der Waals surface area (Å²) in [5.41, 5.74) is 1.50. The fourth-order valence-electron chi connectivity index (χ4n) is 2.95. The molecule has 0 radical (unpaired) electrons. The van der Waals surface area contributed by atoms with Crippen LogP contribution in [0.15, 0.2) is 59.7 Å². The molecule has 2 aliphatic heterocycles. The van der Waals surface area contributed by atoms with Crippen molar-refractivity contribution in [2.45, 2.75) is 0 Å². The first-order chi connectivity index (χ1) is 17.2. The van der Waals surface area contributed by atoms with Crippen molar-refractivity contribution in [2.24, 2.45) is 0 Å². The molecule has 4 rings (SSSR count). The van der Waals surface area contributed by atoms with Crippen molar-refractivity contribution in [3.63, 3.8) is 0 Å². The zero-order valence-corrected chi connectivity index (χ0v) is 20.7. The van der Waals surface area contributed by atoms with E-state index >= 15 is 0 Å². The highest BCUT2D eigenvalue weighted by Gasteiger charge is 2.26. The Labute approximate surface area is 216 Å². The van der Waals surface area contributed by atoms with E-state index in [0.29, 0.717) is 11.5 Å². The molecule has 4 amide bonds. The van der Waals surface area contributed by atoms with Gasteiger partial charge in [0.2, 0.25) is 0 Å². The summed E-state index contributed by atoms with van der Waals surface area (Å²) in [6.45, 7) is 0. The lowest BCUT2D eigenvalue weighted by atomic mass is 10.1. The number of rotatable bonds is 4. The van der Waals surface area contributed by atoms with Crippen LogP contribution < -0.4 is 30.7 Å². The molecule has 0 saturated carbocycles. The second-order valence-corrected chi connectivity index (χ2v) is 7.95. The first-order valence-corrected chi connectivity index (χ1v) is 11.1. The minimum absolute atomic E-state index is 0.0220. The van der Waals surface area contributed by atoms with Gasteiger partial charge in [0.15, 0.2) is 10.2 Å². The van der Waals surface area contributed by atoms with Gasteiger partial charge in [-0.05, 0) is 72.0 Å². The quantitative estimate of drug-likeness (QED) is 0.267. The zero-order chi connectivity index (χ0) is 26.2. The van der Waals surface area contributed by atoms with Crippen LogP contribution in [0.5, 0.6) is 11.5 Å². The second-order valence-electron chi connectivity index (χ2n) is 7.14. The van der Waals surface area contributed by atoms with E-state index in [1.807, 2.05) is 0 Å². The maximum absolute atomic E-state index is 11.6. The standard InChI is InChI=1S/2C12H10N2O3S/c2*1-17-8-4-2-7(3-5-8)6-9-10(15)13-12(18)14-11(9)16/h2*2-6H,1H3,(H2,13,14,15,16,18). The molecule has 2 heterocycles. The summed E-state index contributed by atoms with van der Waals surface area (Å²) >= 11 is 9.41. The summed E-state index contributed by atoms with van der Waals surface area (Å²) in [5.74, 6) is -0.593. The molecular weight excluding hydrogens is 504 g/mol. The predicted octanol–water partition coefficient (Wildman–Crippen LogP) is 1.22. The van der Waals surface area contributed by atoms with E-state index in [0.717, 1.165) is 11.1 Å². The Morgan fingerprint density at radius 3 is 1.08 bits per heavy atom. The number of hydrogen-bond acceptors (Lipinski definition) is 8. The normalized spacial score (nSPS) is 14.9. The first kappa shape index (κ1) is 26.2. The number of thiocarbonyl (C=S) groups is 2. The van der Waals surface area contributed by atoms with Gasteiger partial charge in [0.1, 0.15) is 22.6 Å². The lowest BCUT2D eigenvalue weighted by Gasteiger charge is -2.16. The molecule has 36 heavy (non-hydrogen) atoms. The first-order valence-electron chi connectivity index (χ1n) is 10.2. The third-order valence-electron chi connectivity index (χ3n) is 4.74. The molecular formula is C24H20N4O6S2. The van der Waals surface area contributed by atoms with E-state index in [9.17, 15) is 19.2 Å². The van der Waals surface area contributed by atoms with Crippen molar-refractivity contribution in [3.8, 4) is 11.5 Å². The minimum atomic E-state index is -0.500. The lowest BCUT2D eigenvalue weighted by molar-refractivity contribution is -0.124. The highest BCUT2D eigenvalue weighted by atomic mass is 32.1. The Bertz CT molecular complexity index is 1160. The smallest absolute Gasteiger partial charge is 0.263 e. The van der Waals surface area contributed by atoms with Crippen LogP contribution in [0.25, 0.3) is 12.2 Å². The molecule has 0 atom stereocenters. The van der Waals surface area contributed by atoms with Crippen LogP contribution in [-0.4, -0.2) is 48.1 Å². The van der Waals surface area contributed by atoms with Gasteiger partial charge >= 0.3 is 0 Å². The predicted molar refractivity (Wildman–Crippen MR) is 140 cm³/mol. The van der Waals surface area contributed by atoms with Crippen LogP contribution in [0, 0.1) is 0 Å². The van der Waals surface area contributed by atoms with Crippen molar-refractivity contribution in [1.82, 2.24) is 21.3 Å². The van der Waals surface area contributed by atoms with Crippen molar-refractivity contribution < 1.29 is 28.7 Å². The number of nitrogens with one attached hydrogen (secondary N) is 4. The number of amides is 4. The van der Waals surface area contributed by atoms with Crippen molar-refractivity contribution in [1.29, 1.82) is 0 Å². The van der Waals surface area contributed by atoms with Crippen molar-refractivity contribution in [3.05, 3.63) is 70.8 Å². The SMILES string of the molecule is COc1ccc(C=C2C(=O)NC(=S)NC2=O)cc1.COc1ccc(C=C2C(=O)NC(=S)NC2=O)cc1. The summed E-state index contributed by atoms with van der Waals surface area (Å²) in [6.07, 6.45) is 2.98. The molecule has 0 spiro atoms. The molecule has 2 aromatic carbocycles. The van der Waals surface area contributed by atoms with E-state index < -0.39 is 23.6 Å².